The number of nitriles is 1. The van der Waals surface area contributed by atoms with Crippen molar-refractivity contribution in [2.45, 2.75) is 19.3 Å². The summed E-state index contributed by atoms with van der Waals surface area (Å²) in [4.78, 5) is 22.9. The van der Waals surface area contributed by atoms with Gasteiger partial charge in [0.15, 0.2) is 0 Å². The Kier molecular flexibility index (Phi) is 4.40. The summed E-state index contributed by atoms with van der Waals surface area (Å²) < 4.78 is 5.67. The number of nitrogens with one attached hydrogen (secondary N) is 1. The molecule has 25 heavy (non-hydrogen) atoms. The molecule has 0 spiro atoms. The Morgan fingerprint density at radius 2 is 1.96 bits per heavy atom. The average molecular weight is 335 g/mol. The molecule has 1 saturated carbocycles. The molecular weight excluding hydrogens is 320 g/mol. The number of carboxylic acids is 1. The smallest absolute Gasteiger partial charge is 0.266 e. The molecule has 1 aromatic carbocycles. The number of furan rings is 1. The highest BCUT2D eigenvalue weighted by atomic mass is 16.4. The molecule has 3 rings (SSSR count). The van der Waals surface area contributed by atoms with Crippen LogP contribution in [0.3, 0.4) is 0 Å². The molecule has 0 bridgehead atoms. The SMILES string of the molecule is C[C@H]1C[C@H]1c1ccc(/C=C(\C#N)C(=O)Nc2ccc(C(=O)[O-])cc2)o1. The van der Waals surface area contributed by atoms with E-state index in [4.69, 9.17) is 4.42 Å². The molecule has 6 heteroatoms. The first-order valence-electron chi connectivity index (χ1n) is 7.82. The van der Waals surface area contributed by atoms with Crippen LogP contribution in [0.15, 0.2) is 46.4 Å². The van der Waals surface area contributed by atoms with Crippen molar-refractivity contribution in [1.29, 1.82) is 5.26 Å². The summed E-state index contributed by atoms with van der Waals surface area (Å²) in [5.74, 6) is 0.451. The third-order valence-corrected chi connectivity index (χ3v) is 4.15. The molecule has 0 radical (unpaired) electrons. The molecule has 1 fully saturated rings. The first-order chi connectivity index (χ1) is 12.0. The molecule has 0 saturated heterocycles. The topological polar surface area (TPSA) is 106 Å². The molecule has 2 aromatic rings. The molecule has 1 amide bonds. The lowest BCUT2D eigenvalue weighted by atomic mass is 10.2. The Bertz CT molecular complexity index is 887. The van der Waals surface area contributed by atoms with Crippen LogP contribution in [0.5, 0.6) is 0 Å². The summed E-state index contributed by atoms with van der Waals surface area (Å²) in [6, 6.07) is 10.9. The average Bonchev–Trinajstić information content (AvgIpc) is 3.14. The van der Waals surface area contributed by atoms with E-state index in [1.807, 2.05) is 12.1 Å². The van der Waals surface area contributed by atoms with Crippen LogP contribution in [0, 0.1) is 17.2 Å². The fourth-order valence-corrected chi connectivity index (χ4v) is 2.54. The normalized spacial score (nSPS) is 19.1. The van der Waals surface area contributed by atoms with Gasteiger partial charge >= 0.3 is 0 Å². The molecule has 6 nitrogen and oxygen atoms in total. The van der Waals surface area contributed by atoms with Gasteiger partial charge in [0.05, 0.1) is 5.97 Å². The van der Waals surface area contributed by atoms with E-state index < -0.39 is 11.9 Å². The van der Waals surface area contributed by atoms with Gasteiger partial charge in [-0.2, -0.15) is 5.26 Å². The highest BCUT2D eigenvalue weighted by Crippen LogP contribution is 2.47. The van der Waals surface area contributed by atoms with Crippen molar-refractivity contribution < 1.29 is 19.1 Å². The van der Waals surface area contributed by atoms with Crippen molar-refractivity contribution in [1.82, 2.24) is 0 Å². The summed E-state index contributed by atoms with van der Waals surface area (Å²) in [6.45, 7) is 2.14. The molecular formula is C19H15N2O4-. The van der Waals surface area contributed by atoms with Gasteiger partial charge in [-0.15, -0.1) is 0 Å². The van der Waals surface area contributed by atoms with E-state index in [-0.39, 0.29) is 11.1 Å². The minimum Gasteiger partial charge on any atom is -0.545 e. The Balaban J connectivity index is 1.71. The number of hydrogen-bond donors (Lipinski definition) is 1. The van der Waals surface area contributed by atoms with Crippen LogP contribution in [0.4, 0.5) is 5.69 Å². The van der Waals surface area contributed by atoms with E-state index in [2.05, 4.69) is 12.2 Å². The summed E-state index contributed by atoms with van der Waals surface area (Å²) >= 11 is 0. The molecule has 1 N–H and O–H groups in total. The van der Waals surface area contributed by atoms with Gasteiger partial charge < -0.3 is 19.6 Å². The zero-order valence-corrected chi connectivity index (χ0v) is 13.5. The second kappa shape index (κ2) is 6.65. The summed E-state index contributed by atoms with van der Waals surface area (Å²) in [6.07, 6.45) is 2.48. The number of amides is 1. The fourth-order valence-electron chi connectivity index (χ4n) is 2.54. The van der Waals surface area contributed by atoms with Crippen molar-refractivity contribution in [3.8, 4) is 6.07 Å². The highest BCUT2D eigenvalue weighted by molar-refractivity contribution is 6.09. The minimum atomic E-state index is -1.30. The third kappa shape index (κ3) is 3.78. The maximum atomic E-state index is 12.2. The molecule has 0 unspecified atom stereocenters. The number of aromatic carboxylic acids is 1. The Labute approximate surface area is 144 Å². The predicted octanol–water partition coefficient (Wildman–Crippen LogP) is 2.31. The van der Waals surface area contributed by atoms with Crippen molar-refractivity contribution in [3.63, 3.8) is 0 Å². The van der Waals surface area contributed by atoms with Crippen molar-refractivity contribution in [2.75, 3.05) is 5.32 Å². The predicted molar refractivity (Wildman–Crippen MR) is 88.2 cm³/mol. The monoisotopic (exact) mass is 335 g/mol. The molecule has 126 valence electrons. The Morgan fingerprint density at radius 1 is 1.28 bits per heavy atom. The maximum Gasteiger partial charge on any atom is 0.266 e. The Morgan fingerprint density at radius 3 is 2.52 bits per heavy atom. The van der Waals surface area contributed by atoms with E-state index in [1.54, 1.807) is 6.07 Å². The number of carboxylic acid groups (broad SMARTS) is 1. The number of rotatable bonds is 5. The van der Waals surface area contributed by atoms with Gasteiger partial charge in [-0.05, 0) is 42.2 Å². The lowest BCUT2D eigenvalue weighted by molar-refractivity contribution is -0.255. The van der Waals surface area contributed by atoms with Gasteiger partial charge in [0.2, 0.25) is 0 Å². The lowest BCUT2D eigenvalue weighted by Crippen LogP contribution is -2.22. The zero-order chi connectivity index (χ0) is 18.0. The molecule has 0 aliphatic heterocycles. The summed E-state index contributed by atoms with van der Waals surface area (Å²) in [7, 11) is 0. The first-order valence-corrected chi connectivity index (χ1v) is 7.82. The van der Waals surface area contributed by atoms with E-state index in [1.165, 1.54) is 30.3 Å². The van der Waals surface area contributed by atoms with Gasteiger partial charge in [0.25, 0.3) is 5.91 Å². The standard InChI is InChI=1S/C19H16N2O4/c1-11-8-16(11)17-7-6-15(25-17)9-13(10-20)18(22)21-14-4-2-12(3-5-14)19(23)24/h2-7,9,11,16H,8H2,1H3,(H,21,22)(H,23,24)/p-1/b13-9+/t11-,16+/m0/s1. The number of carbonyl (C=O) groups is 2. The fraction of sp³-hybridized carbons (Fsp3) is 0.211. The number of nitrogens with zero attached hydrogens (tertiary/aromatic N) is 1. The van der Waals surface area contributed by atoms with Gasteiger partial charge in [0, 0.05) is 17.7 Å². The second-order valence-electron chi connectivity index (χ2n) is 6.05. The Hall–Kier alpha value is -3.33. The molecule has 1 heterocycles. The third-order valence-electron chi connectivity index (χ3n) is 4.15. The van der Waals surface area contributed by atoms with Crippen molar-refractivity contribution in [3.05, 3.63) is 59.1 Å². The largest absolute Gasteiger partial charge is 0.545 e. The van der Waals surface area contributed by atoms with Crippen LogP contribution in [-0.4, -0.2) is 11.9 Å². The van der Waals surface area contributed by atoms with E-state index in [0.29, 0.717) is 23.3 Å². The van der Waals surface area contributed by atoms with Crippen LogP contribution < -0.4 is 10.4 Å². The molecule has 1 aromatic heterocycles. The van der Waals surface area contributed by atoms with Crippen LogP contribution in [0.25, 0.3) is 6.08 Å². The van der Waals surface area contributed by atoms with Crippen LogP contribution in [-0.2, 0) is 4.79 Å². The number of carbonyl (C=O) groups excluding carboxylic acids is 2. The number of anilines is 1. The second-order valence-corrected chi connectivity index (χ2v) is 6.05. The number of hydrogen-bond acceptors (Lipinski definition) is 5. The van der Waals surface area contributed by atoms with Crippen LogP contribution in [0.1, 0.15) is 41.1 Å². The minimum absolute atomic E-state index is 0.00599. The van der Waals surface area contributed by atoms with E-state index in [0.717, 1.165) is 12.2 Å². The maximum absolute atomic E-state index is 12.2. The van der Waals surface area contributed by atoms with E-state index >= 15 is 0 Å². The van der Waals surface area contributed by atoms with Gasteiger partial charge in [-0.3, -0.25) is 4.79 Å². The van der Waals surface area contributed by atoms with Crippen LogP contribution in [0.2, 0.25) is 0 Å². The first kappa shape index (κ1) is 16.5. The summed E-state index contributed by atoms with van der Waals surface area (Å²) in [5, 5.41) is 22.5. The summed E-state index contributed by atoms with van der Waals surface area (Å²) in [5.41, 5.74) is 0.281. The van der Waals surface area contributed by atoms with Gasteiger partial charge in [0.1, 0.15) is 23.2 Å². The highest BCUT2D eigenvalue weighted by Gasteiger charge is 2.36. The molecule has 1 aliphatic rings. The zero-order valence-electron chi connectivity index (χ0n) is 13.5. The number of benzene rings is 1. The van der Waals surface area contributed by atoms with E-state index in [9.17, 15) is 20.0 Å². The van der Waals surface area contributed by atoms with Gasteiger partial charge in [-0.25, -0.2) is 0 Å². The van der Waals surface area contributed by atoms with Crippen LogP contribution >= 0.6 is 0 Å². The quantitative estimate of drug-likeness (QED) is 0.666. The lowest BCUT2D eigenvalue weighted by Gasteiger charge is -2.06. The van der Waals surface area contributed by atoms with Crippen molar-refractivity contribution >= 4 is 23.6 Å². The van der Waals surface area contributed by atoms with Crippen molar-refractivity contribution in [2.24, 2.45) is 5.92 Å². The molecule has 2 atom stereocenters. The molecule has 1 aliphatic carbocycles. The van der Waals surface area contributed by atoms with Gasteiger partial charge in [-0.1, -0.05) is 19.1 Å².